The first kappa shape index (κ1) is 24.6. The van der Waals surface area contributed by atoms with Crippen LogP contribution in [0.25, 0.3) is 11.0 Å². The molecule has 1 atom stereocenters. The summed E-state index contributed by atoms with van der Waals surface area (Å²) in [6.45, 7) is 2.04. The molecule has 0 saturated carbocycles. The van der Waals surface area contributed by atoms with Crippen molar-refractivity contribution in [1.29, 1.82) is 0 Å². The number of sulfonamides is 1. The van der Waals surface area contributed by atoms with Gasteiger partial charge in [0, 0.05) is 34.0 Å². The molecule has 3 aromatic carbocycles. The second-order valence-corrected chi connectivity index (χ2v) is 11.0. The quantitative estimate of drug-likeness (QED) is 0.405. The average molecular weight is 491 g/mol. The maximum absolute atomic E-state index is 13.0. The number of rotatable bonds is 8. The summed E-state index contributed by atoms with van der Waals surface area (Å²) >= 11 is 0. The summed E-state index contributed by atoms with van der Waals surface area (Å²) in [5, 5.41) is 3.17. The van der Waals surface area contributed by atoms with Crippen molar-refractivity contribution in [3.63, 3.8) is 0 Å². The van der Waals surface area contributed by atoms with Crippen LogP contribution in [0.3, 0.4) is 0 Å². The minimum atomic E-state index is -3.55. The van der Waals surface area contributed by atoms with Gasteiger partial charge in [-0.05, 0) is 36.2 Å². The Hall–Kier alpha value is -3.49. The number of carbonyl (C=O) groups excluding carboxylic acids is 1. The highest BCUT2D eigenvalue weighted by Crippen LogP contribution is 2.24. The van der Waals surface area contributed by atoms with Gasteiger partial charge in [-0.1, -0.05) is 60.2 Å². The molecule has 1 N–H and O–H groups in total. The maximum atomic E-state index is 13.0. The molecule has 8 heteroatoms. The number of carbonyl (C=O) groups is 1. The average Bonchev–Trinajstić information content (AvgIpc) is 3.17. The van der Waals surface area contributed by atoms with Crippen molar-refractivity contribution >= 4 is 27.0 Å². The Kier molecular flexibility index (Phi) is 7.05. The molecule has 7 nitrogen and oxygen atoms in total. The topological polar surface area (TPSA) is 84.3 Å². The van der Waals surface area contributed by atoms with E-state index in [1.165, 1.54) is 18.4 Å². The smallest absolute Gasteiger partial charge is 0.242 e. The highest BCUT2D eigenvalue weighted by molar-refractivity contribution is 7.89. The minimum Gasteiger partial charge on any atom is -0.345 e. The SMILES string of the molecule is Cc1ccc(C(NC(=O)CCc2nc3cc(S(=O)(=O)N(C)C)ccc3n2C)c2ccccc2)cc1. The third-order valence-electron chi connectivity index (χ3n) is 6.15. The minimum absolute atomic E-state index is 0.0811. The molecule has 182 valence electrons. The predicted octanol–water partition coefficient (Wildman–Crippen LogP) is 3.97. The number of aromatic nitrogens is 2. The summed E-state index contributed by atoms with van der Waals surface area (Å²) in [7, 11) is 1.33. The number of nitrogens with zero attached hydrogens (tertiary/aromatic N) is 3. The normalized spacial score (nSPS) is 12.7. The van der Waals surface area contributed by atoms with Crippen molar-refractivity contribution in [2.24, 2.45) is 7.05 Å². The Labute approximate surface area is 206 Å². The molecule has 4 aromatic rings. The van der Waals surface area contributed by atoms with E-state index in [2.05, 4.69) is 10.3 Å². The van der Waals surface area contributed by atoms with E-state index in [4.69, 9.17) is 0 Å². The van der Waals surface area contributed by atoms with Gasteiger partial charge in [-0.2, -0.15) is 0 Å². The van der Waals surface area contributed by atoms with Gasteiger partial charge in [0.1, 0.15) is 5.82 Å². The maximum Gasteiger partial charge on any atom is 0.242 e. The molecule has 0 fully saturated rings. The first-order valence-corrected chi connectivity index (χ1v) is 12.9. The lowest BCUT2D eigenvalue weighted by molar-refractivity contribution is -0.121. The van der Waals surface area contributed by atoms with Crippen LogP contribution in [0.5, 0.6) is 0 Å². The van der Waals surface area contributed by atoms with Gasteiger partial charge in [-0.25, -0.2) is 17.7 Å². The van der Waals surface area contributed by atoms with Gasteiger partial charge in [-0.3, -0.25) is 4.79 Å². The van der Waals surface area contributed by atoms with Crippen molar-refractivity contribution in [3.8, 4) is 0 Å². The monoisotopic (exact) mass is 490 g/mol. The number of fused-ring (bicyclic) bond motifs is 1. The summed E-state index contributed by atoms with van der Waals surface area (Å²) < 4.78 is 28.0. The van der Waals surface area contributed by atoms with Crippen molar-refractivity contribution in [3.05, 3.63) is 95.3 Å². The lowest BCUT2D eigenvalue weighted by Gasteiger charge is -2.20. The summed E-state index contributed by atoms with van der Waals surface area (Å²) in [6.07, 6.45) is 0.692. The molecule has 0 bridgehead atoms. The van der Waals surface area contributed by atoms with Gasteiger partial charge in [0.2, 0.25) is 15.9 Å². The molecule has 0 aliphatic carbocycles. The zero-order chi connectivity index (χ0) is 25.2. The zero-order valence-electron chi connectivity index (χ0n) is 20.4. The molecule has 35 heavy (non-hydrogen) atoms. The summed E-state index contributed by atoms with van der Waals surface area (Å²) in [4.78, 5) is 17.8. The van der Waals surface area contributed by atoms with Crippen LogP contribution in [-0.4, -0.2) is 42.3 Å². The number of hydrogen-bond acceptors (Lipinski definition) is 4. The first-order valence-electron chi connectivity index (χ1n) is 11.5. The van der Waals surface area contributed by atoms with Crippen molar-refractivity contribution in [1.82, 2.24) is 19.2 Å². The fraction of sp³-hybridized carbons (Fsp3) is 0.259. The third-order valence-corrected chi connectivity index (χ3v) is 7.96. The molecule has 0 aliphatic rings. The molecule has 0 aliphatic heterocycles. The van der Waals surface area contributed by atoms with Gasteiger partial charge in [-0.15, -0.1) is 0 Å². The van der Waals surface area contributed by atoms with Crippen LogP contribution in [0.15, 0.2) is 77.7 Å². The number of imidazole rings is 1. The third kappa shape index (κ3) is 5.28. The number of amides is 1. The van der Waals surface area contributed by atoms with Crippen LogP contribution in [0, 0.1) is 6.92 Å². The second-order valence-electron chi connectivity index (χ2n) is 8.85. The number of benzene rings is 3. The van der Waals surface area contributed by atoms with Crippen LogP contribution in [0.4, 0.5) is 0 Å². The van der Waals surface area contributed by atoms with Gasteiger partial charge in [0.15, 0.2) is 0 Å². The zero-order valence-corrected chi connectivity index (χ0v) is 21.2. The van der Waals surface area contributed by atoms with Gasteiger partial charge in [0.25, 0.3) is 0 Å². The molecule has 0 spiro atoms. The van der Waals surface area contributed by atoms with Crippen LogP contribution in [0.1, 0.15) is 35.0 Å². The number of aryl methyl sites for hydroxylation is 3. The molecule has 1 unspecified atom stereocenters. The van der Waals surface area contributed by atoms with Gasteiger partial charge >= 0.3 is 0 Å². The fourth-order valence-electron chi connectivity index (χ4n) is 4.05. The van der Waals surface area contributed by atoms with Gasteiger partial charge in [0.05, 0.1) is 22.0 Å². The first-order chi connectivity index (χ1) is 16.7. The Bertz CT molecular complexity index is 1440. The van der Waals surface area contributed by atoms with E-state index >= 15 is 0 Å². The number of hydrogen-bond donors (Lipinski definition) is 1. The molecular formula is C27H30N4O3S. The van der Waals surface area contributed by atoms with Crippen LogP contribution >= 0.6 is 0 Å². The van der Waals surface area contributed by atoms with E-state index < -0.39 is 10.0 Å². The van der Waals surface area contributed by atoms with Crippen LogP contribution < -0.4 is 5.32 Å². The Morgan fingerprint density at radius 2 is 1.66 bits per heavy atom. The molecule has 4 rings (SSSR count). The Morgan fingerprint density at radius 1 is 1.00 bits per heavy atom. The Balaban J connectivity index is 1.52. The van der Waals surface area contributed by atoms with Crippen molar-refractivity contribution in [2.75, 3.05) is 14.1 Å². The van der Waals surface area contributed by atoms with E-state index in [-0.39, 0.29) is 23.3 Å². The van der Waals surface area contributed by atoms with Crippen molar-refractivity contribution < 1.29 is 13.2 Å². The van der Waals surface area contributed by atoms with Gasteiger partial charge < -0.3 is 9.88 Å². The Morgan fingerprint density at radius 3 is 2.31 bits per heavy atom. The highest BCUT2D eigenvalue weighted by Gasteiger charge is 2.20. The van der Waals surface area contributed by atoms with E-state index in [0.29, 0.717) is 11.9 Å². The molecule has 0 radical (unpaired) electrons. The molecule has 1 aromatic heterocycles. The van der Waals surface area contributed by atoms with E-state index in [0.717, 1.165) is 28.0 Å². The molecular weight excluding hydrogens is 460 g/mol. The summed E-state index contributed by atoms with van der Waals surface area (Å²) in [5.41, 5.74) is 4.61. The summed E-state index contributed by atoms with van der Waals surface area (Å²) in [5.74, 6) is 0.642. The van der Waals surface area contributed by atoms with Crippen LogP contribution in [0.2, 0.25) is 0 Å². The lowest BCUT2D eigenvalue weighted by atomic mass is 9.97. The number of nitrogens with one attached hydrogen (secondary N) is 1. The van der Waals surface area contributed by atoms with E-state index in [1.54, 1.807) is 18.2 Å². The molecule has 1 heterocycles. The molecule has 1 amide bonds. The summed E-state index contributed by atoms with van der Waals surface area (Å²) in [6, 6.07) is 22.7. The van der Waals surface area contributed by atoms with Crippen molar-refractivity contribution in [2.45, 2.75) is 30.7 Å². The standard InChI is InChI=1S/C27H30N4O3S/c1-19-10-12-21(13-11-19)27(20-8-6-5-7-9-20)29-26(32)17-16-25-28-23-18-22(35(33,34)30(2)3)14-15-24(23)31(25)4/h5-15,18,27H,16-17H2,1-4H3,(H,29,32). The van der Waals surface area contributed by atoms with E-state index in [1.807, 2.05) is 73.1 Å². The lowest BCUT2D eigenvalue weighted by Crippen LogP contribution is -2.29. The highest BCUT2D eigenvalue weighted by atomic mass is 32.2. The van der Waals surface area contributed by atoms with E-state index in [9.17, 15) is 13.2 Å². The second kappa shape index (κ2) is 10.0. The fourth-order valence-corrected chi connectivity index (χ4v) is 4.97. The molecule has 0 saturated heterocycles. The predicted molar refractivity (Wildman–Crippen MR) is 138 cm³/mol. The largest absolute Gasteiger partial charge is 0.345 e. The van der Waals surface area contributed by atoms with Crippen LogP contribution in [-0.2, 0) is 28.3 Å².